The van der Waals surface area contributed by atoms with E-state index in [1.54, 1.807) is 81.4 Å². The van der Waals surface area contributed by atoms with Crippen LogP contribution in [-0.4, -0.2) is 163 Å². The highest BCUT2D eigenvalue weighted by Crippen LogP contribution is 2.47. The molecule has 0 fully saturated rings. The molecular weight excluding hydrogens is 1730 g/mol. The Balaban J connectivity index is 0.000000269. The normalized spacial score (nSPS) is 15.3. The summed E-state index contributed by atoms with van der Waals surface area (Å²) in [6, 6.07) is 11.6. The fourth-order valence-electron chi connectivity index (χ4n) is 16.0. The van der Waals surface area contributed by atoms with Gasteiger partial charge in [-0.2, -0.15) is 4.72 Å². The smallest absolute Gasteiger partial charge is 0.326 e. The number of benzene rings is 4. The van der Waals surface area contributed by atoms with E-state index in [9.17, 15) is 62.4 Å². The molecule has 0 aliphatic carbocycles. The van der Waals surface area contributed by atoms with Crippen LogP contribution in [0.5, 0.6) is 23.0 Å². The molecule has 0 saturated heterocycles. The summed E-state index contributed by atoms with van der Waals surface area (Å²) in [6.45, 7) is 37.0. The summed E-state index contributed by atoms with van der Waals surface area (Å²) in [6.07, 6.45) is 10.4. The third kappa shape index (κ3) is 27.7. The Labute approximate surface area is 754 Å². The Hall–Kier alpha value is -9.19. The van der Waals surface area contributed by atoms with Gasteiger partial charge in [-0.25, -0.2) is 52.2 Å². The Morgan fingerprint density at radius 1 is 0.504 bits per heavy atom. The van der Waals surface area contributed by atoms with Gasteiger partial charge in [-0.15, -0.1) is 0 Å². The number of carbonyl (C=O) groups excluding carboxylic acids is 4. The predicted octanol–water partition coefficient (Wildman–Crippen LogP) is 13.9. The number of halogens is 1. The van der Waals surface area contributed by atoms with Crippen LogP contribution in [0.1, 0.15) is 248 Å². The molecule has 6 aromatic rings. The van der Waals surface area contributed by atoms with Crippen LogP contribution in [0, 0.1) is 69.2 Å². The molecule has 0 bridgehead atoms. The van der Waals surface area contributed by atoms with E-state index in [-0.39, 0.29) is 85.3 Å². The monoisotopic (exact) mass is 1860 g/mol. The van der Waals surface area contributed by atoms with Crippen molar-refractivity contribution in [1.82, 2.24) is 25.3 Å². The van der Waals surface area contributed by atoms with Crippen molar-refractivity contribution in [2.75, 3.05) is 48.0 Å². The molecule has 0 unspecified atom stereocenters. The van der Waals surface area contributed by atoms with Crippen LogP contribution < -0.4 is 48.6 Å². The van der Waals surface area contributed by atoms with E-state index >= 15 is 0 Å². The van der Waals surface area contributed by atoms with Crippen LogP contribution in [0.4, 0.5) is 11.6 Å². The number of unbranched alkanes of at least 4 members (excludes halogenated alkanes) is 2. The minimum absolute atomic E-state index is 0.0120. The Bertz CT molecular complexity index is 5540. The standard InChI is InChI=1S/C46H64N4O11S2.C34H50N4O6S.C12H15ClO5S/c1-28-25-35(59-24-14-18-39(52)53)26-29(2)41(28)62(55,56)49-37(44(54)61-45(6,7)8)27-47-38(51)17-12-11-16-34-20-19-33-15-13-23-50(43(33)48-34)63(57,58)42-31(4)30(3)40-36(32(42)5)21-22-46(9,10)60-40;1-21-22(2)30(23(3)26-17-18-34(7,8)43-29(21)26)45(41,42)38-19-11-12-24-15-16-25(37-31(24)38)13-9-10-14-28(39)36-20-27(35)32(40)44-33(4,5)6;1-8-6-10(18-5-3-4-11(14)15)7-9(2)12(8)19(13,16)17/h19-20,25-26,37,49H,11-18,21-24,27H2,1-10H3,(H,47,51)(H,52,53);15-16,27H,9-14,17-20,35H2,1-8H3,(H,36,39);6-7H,3-5H2,1-2H3,(H,14,15)/t37-;27-;/m00./s1. The molecule has 0 saturated carbocycles. The number of aromatic nitrogens is 2. The number of aliphatic carboxylic acids is 2. The lowest BCUT2D eigenvalue weighted by Crippen LogP contribution is -2.50. The second-order valence-corrected chi connectivity index (χ2v) is 44.2. The fourth-order valence-corrected chi connectivity index (χ4v) is 23.3. The predicted molar refractivity (Wildman–Crippen MR) is 486 cm³/mol. The molecule has 6 heterocycles. The lowest BCUT2D eigenvalue weighted by molar-refractivity contribution is -0.157. The molecule has 10 rings (SSSR count). The molecule has 2 atom stereocenters. The maximum absolute atomic E-state index is 14.6. The quantitative estimate of drug-likeness (QED) is 0.0124. The first-order chi connectivity index (χ1) is 58.9. The SMILES string of the molecule is Cc1c(C)c(S(=O)(=O)N2CCCc3ccc(CCCCC(=O)NC[C@H](N)C(=O)OC(C)(C)C)nc32)c(C)c2c1OC(C)(C)CC2.Cc1cc(OCCCC(=O)O)cc(C)c1S(=O)(=O)Cl.Cc1cc(OCCCC(=O)O)cc(C)c1S(=O)(=O)N[C@@H](CNC(=O)CCCCc1ccc2c(n1)N(S(=O)(=O)c1c(C)c(C)c3c(c1C)CCC(C)(C)O3)CCC2)C(=O)OC(C)(C)C. The average Bonchev–Trinajstić information content (AvgIpc) is 0.733. The summed E-state index contributed by atoms with van der Waals surface area (Å²) in [7, 11) is -10.6. The number of nitrogens with zero attached hydrogens (tertiary/aromatic N) is 4. The first-order valence-corrected chi connectivity index (χ1v) is 49.9. The third-order valence-electron chi connectivity index (χ3n) is 22.4. The summed E-state index contributed by atoms with van der Waals surface area (Å²) >= 11 is 0. The molecule has 700 valence electrons. The van der Waals surface area contributed by atoms with Crippen LogP contribution in [0.25, 0.3) is 0 Å². The van der Waals surface area contributed by atoms with Crippen LogP contribution >= 0.6 is 10.7 Å². The Kier molecular flexibility index (Phi) is 34.6. The van der Waals surface area contributed by atoms with Crippen molar-refractivity contribution in [3.8, 4) is 23.0 Å². The van der Waals surface area contributed by atoms with Crippen LogP contribution in [0.2, 0.25) is 0 Å². The summed E-state index contributed by atoms with van der Waals surface area (Å²) in [5.74, 6) is -0.402. The molecular formula is C92H129ClN8O22S4. The fraction of sp³-hybridized carbons (Fsp3) is 0.565. The van der Waals surface area contributed by atoms with Gasteiger partial charge in [0.1, 0.15) is 69.1 Å². The topological polar surface area (TPSA) is 429 Å². The van der Waals surface area contributed by atoms with Crippen molar-refractivity contribution in [1.29, 1.82) is 0 Å². The van der Waals surface area contributed by atoms with E-state index in [0.29, 0.717) is 137 Å². The number of anilines is 2. The molecule has 2 amide bonds. The minimum atomic E-state index is -4.31. The van der Waals surface area contributed by atoms with E-state index in [1.807, 2.05) is 79.7 Å². The first kappa shape index (κ1) is 103. The molecule has 127 heavy (non-hydrogen) atoms. The number of esters is 2. The van der Waals surface area contributed by atoms with Gasteiger partial charge in [-0.3, -0.25) is 28.8 Å². The van der Waals surface area contributed by atoms with E-state index in [0.717, 1.165) is 106 Å². The van der Waals surface area contributed by atoms with Crippen molar-refractivity contribution in [2.45, 2.75) is 321 Å². The number of sulfonamides is 3. The molecule has 0 radical (unpaired) electrons. The van der Waals surface area contributed by atoms with Gasteiger partial charge >= 0.3 is 23.9 Å². The average molecular weight is 1860 g/mol. The van der Waals surface area contributed by atoms with Crippen LogP contribution in [-0.2, 0) is 116 Å². The van der Waals surface area contributed by atoms with E-state index in [1.165, 1.54) is 20.7 Å². The highest BCUT2D eigenvalue weighted by atomic mass is 35.7. The number of nitrogens with one attached hydrogen (secondary N) is 3. The lowest BCUT2D eigenvalue weighted by Gasteiger charge is -2.37. The Morgan fingerprint density at radius 2 is 0.882 bits per heavy atom. The summed E-state index contributed by atoms with van der Waals surface area (Å²) in [4.78, 5) is 82.3. The van der Waals surface area contributed by atoms with Crippen molar-refractivity contribution in [3.63, 3.8) is 0 Å². The molecule has 7 N–H and O–H groups in total. The molecule has 2 aromatic heterocycles. The summed E-state index contributed by atoms with van der Waals surface area (Å²) < 4.78 is 148. The molecule has 30 nitrogen and oxygen atoms in total. The number of nitrogens with two attached hydrogens (primary N) is 1. The number of amides is 2. The number of ether oxygens (including phenoxy) is 6. The summed E-state index contributed by atoms with van der Waals surface area (Å²) in [5, 5.41) is 22.8. The zero-order valence-corrected chi connectivity index (χ0v) is 81.1. The molecule has 4 aliphatic heterocycles. The van der Waals surface area contributed by atoms with Gasteiger partial charge < -0.3 is 55.0 Å². The lowest BCUT2D eigenvalue weighted by atomic mass is 9.88. The highest BCUT2D eigenvalue weighted by molar-refractivity contribution is 8.13. The minimum Gasteiger partial charge on any atom is -0.494 e. The van der Waals surface area contributed by atoms with Gasteiger partial charge in [0.05, 0.1) is 32.8 Å². The zero-order chi connectivity index (χ0) is 94.6. The number of fused-ring (bicyclic) bond motifs is 4. The number of pyridine rings is 2. The van der Waals surface area contributed by atoms with E-state index < -0.39 is 92.2 Å². The molecule has 4 aromatic carbocycles. The van der Waals surface area contributed by atoms with Crippen molar-refractivity contribution >= 4 is 97.1 Å². The van der Waals surface area contributed by atoms with E-state index in [2.05, 4.69) is 29.2 Å². The van der Waals surface area contributed by atoms with Gasteiger partial charge in [0.15, 0.2) is 0 Å². The second kappa shape index (κ2) is 42.6. The first-order valence-electron chi connectivity index (χ1n) is 43.2. The molecule has 35 heteroatoms. The summed E-state index contributed by atoms with van der Waals surface area (Å²) in [5.41, 5.74) is 15.1. The van der Waals surface area contributed by atoms with Crippen LogP contribution in [0.15, 0.2) is 68.1 Å². The highest BCUT2D eigenvalue weighted by Gasteiger charge is 2.41. The van der Waals surface area contributed by atoms with Gasteiger partial charge in [0, 0.05) is 73.9 Å². The number of rotatable bonds is 34. The second-order valence-electron chi connectivity index (χ2n) is 36.5. The number of carboxylic acid groups (broad SMARTS) is 2. The largest absolute Gasteiger partial charge is 0.494 e. The number of carboxylic acids is 2. The van der Waals surface area contributed by atoms with Crippen molar-refractivity contribution < 1.29 is 101 Å². The molecule has 4 aliphatic rings. The number of aryl methyl sites for hydroxylation is 8. The molecule has 0 spiro atoms. The third-order valence-corrected chi connectivity index (χ3v) is 29.9. The Morgan fingerprint density at radius 3 is 1.26 bits per heavy atom. The maximum Gasteiger partial charge on any atom is 0.326 e. The van der Waals surface area contributed by atoms with Gasteiger partial charge in [0.2, 0.25) is 21.8 Å². The van der Waals surface area contributed by atoms with E-state index in [4.69, 9.17) is 65.0 Å². The van der Waals surface area contributed by atoms with Gasteiger partial charge in [-0.1, -0.05) is 12.1 Å². The van der Waals surface area contributed by atoms with Crippen LogP contribution in [0.3, 0.4) is 0 Å². The maximum atomic E-state index is 14.6. The van der Waals surface area contributed by atoms with Crippen molar-refractivity contribution in [2.24, 2.45) is 5.73 Å². The number of hydrogen-bond donors (Lipinski definition) is 6. The number of carbonyl (C=O) groups is 6. The van der Waals surface area contributed by atoms with Gasteiger partial charge in [0.25, 0.3) is 29.1 Å². The van der Waals surface area contributed by atoms with Gasteiger partial charge in [-0.05, 0) is 355 Å². The number of hydrogen-bond acceptors (Lipinski definition) is 23. The zero-order valence-electron chi connectivity index (χ0n) is 77.1. The van der Waals surface area contributed by atoms with Crippen molar-refractivity contribution in [3.05, 3.63) is 138 Å².